The summed E-state index contributed by atoms with van der Waals surface area (Å²) in [6.45, 7) is 6.36. The van der Waals surface area contributed by atoms with E-state index in [1.54, 1.807) is 0 Å². The van der Waals surface area contributed by atoms with Crippen LogP contribution in [0.4, 0.5) is 4.79 Å². The number of carbonyl (C=O) groups is 2. The molecule has 1 amide bonds. The molecule has 5 heteroatoms. The smallest absolute Gasteiger partial charge is 0.410 e. The molecule has 1 aliphatic heterocycles. The lowest BCUT2D eigenvalue weighted by Gasteiger charge is -2.38. The van der Waals surface area contributed by atoms with Crippen LogP contribution in [-0.4, -0.2) is 42.0 Å². The Morgan fingerprint density at radius 3 is 2.33 bits per heavy atom. The molecule has 0 aromatic heterocycles. The van der Waals surface area contributed by atoms with Crippen molar-refractivity contribution in [2.45, 2.75) is 26.4 Å². The first-order valence-corrected chi connectivity index (χ1v) is 5.04. The summed E-state index contributed by atoms with van der Waals surface area (Å²) in [6.07, 6.45) is -0.358. The topological polar surface area (TPSA) is 72.6 Å². The molecule has 0 unspecified atom stereocenters. The quantitative estimate of drug-likeness (QED) is 0.721. The van der Waals surface area contributed by atoms with Crippen molar-refractivity contribution in [3.8, 4) is 0 Å². The van der Waals surface area contributed by atoms with E-state index in [2.05, 4.69) is 0 Å². The highest BCUT2D eigenvalue weighted by Gasteiger charge is 2.36. The molecule has 5 nitrogen and oxygen atoms in total. The third-order valence-corrected chi connectivity index (χ3v) is 2.19. The van der Waals surface area contributed by atoms with E-state index in [1.165, 1.54) is 4.90 Å². The standard InChI is InChI=1S/C10H18N2O3/c1-10(2,3)15-9(14)12-5-7(6-12)8(13)4-11/h7H,4-6,11H2,1-3H3. The fourth-order valence-electron chi connectivity index (χ4n) is 1.32. The summed E-state index contributed by atoms with van der Waals surface area (Å²) in [6, 6.07) is 0. The number of rotatable bonds is 2. The molecule has 1 saturated heterocycles. The minimum Gasteiger partial charge on any atom is -0.444 e. The van der Waals surface area contributed by atoms with Crippen molar-refractivity contribution in [2.75, 3.05) is 19.6 Å². The molecule has 1 heterocycles. The van der Waals surface area contributed by atoms with Crippen LogP contribution in [0.3, 0.4) is 0 Å². The van der Waals surface area contributed by atoms with Crippen LogP contribution in [0.2, 0.25) is 0 Å². The van der Waals surface area contributed by atoms with E-state index in [9.17, 15) is 9.59 Å². The Balaban J connectivity index is 2.33. The maximum atomic E-state index is 11.5. The molecule has 2 N–H and O–H groups in total. The van der Waals surface area contributed by atoms with Gasteiger partial charge in [-0.05, 0) is 20.8 Å². The summed E-state index contributed by atoms with van der Waals surface area (Å²) in [5.74, 6) is -0.0858. The molecular weight excluding hydrogens is 196 g/mol. The SMILES string of the molecule is CC(C)(C)OC(=O)N1CC(C(=O)CN)C1. The molecule has 15 heavy (non-hydrogen) atoms. The Labute approximate surface area is 89.6 Å². The van der Waals surface area contributed by atoms with Crippen molar-refractivity contribution in [3.05, 3.63) is 0 Å². The van der Waals surface area contributed by atoms with Gasteiger partial charge >= 0.3 is 6.09 Å². The van der Waals surface area contributed by atoms with E-state index < -0.39 is 5.60 Å². The third kappa shape index (κ3) is 3.20. The third-order valence-electron chi connectivity index (χ3n) is 2.19. The maximum Gasteiger partial charge on any atom is 0.410 e. The van der Waals surface area contributed by atoms with Crippen molar-refractivity contribution in [2.24, 2.45) is 11.7 Å². The summed E-state index contributed by atoms with van der Waals surface area (Å²) in [4.78, 5) is 24.1. The first-order valence-electron chi connectivity index (χ1n) is 5.04. The Morgan fingerprint density at radius 1 is 1.40 bits per heavy atom. The maximum absolute atomic E-state index is 11.5. The second-order valence-electron chi connectivity index (χ2n) is 4.75. The van der Waals surface area contributed by atoms with Crippen LogP contribution < -0.4 is 5.73 Å². The monoisotopic (exact) mass is 214 g/mol. The Bertz CT molecular complexity index is 264. The lowest BCUT2D eigenvalue weighted by molar-refractivity contribution is -0.126. The van der Waals surface area contributed by atoms with E-state index in [4.69, 9.17) is 10.5 Å². The number of Topliss-reactive ketones (excluding diaryl/α,β-unsaturated/α-hetero) is 1. The van der Waals surface area contributed by atoms with Gasteiger partial charge in [-0.15, -0.1) is 0 Å². The number of hydrogen-bond donors (Lipinski definition) is 1. The molecule has 0 radical (unpaired) electrons. The largest absolute Gasteiger partial charge is 0.444 e. The van der Waals surface area contributed by atoms with E-state index in [0.29, 0.717) is 13.1 Å². The Kier molecular flexibility index (Phi) is 3.34. The number of likely N-dealkylation sites (tertiary alicyclic amines) is 1. The molecule has 86 valence electrons. The highest BCUT2D eigenvalue weighted by atomic mass is 16.6. The van der Waals surface area contributed by atoms with Crippen molar-refractivity contribution >= 4 is 11.9 Å². The van der Waals surface area contributed by atoms with Gasteiger partial charge in [0.2, 0.25) is 0 Å². The lowest BCUT2D eigenvalue weighted by atomic mass is 9.96. The van der Waals surface area contributed by atoms with E-state index in [-0.39, 0.29) is 24.3 Å². The first kappa shape index (κ1) is 12.0. The molecule has 1 fully saturated rings. The summed E-state index contributed by atoms with van der Waals surface area (Å²) in [5.41, 5.74) is 4.74. The summed E-state index contributed by atoms with van der Waals surface area (Å²) in [5, 5.41) is 0. The van der Waals surface area contributed by atoms with Crippen LogP contribution in [0.5, 0.6) is 0 Å². The van der Waals surface area contributed by atoms with Crippen LogP contribution in [0.25, 0.3) is 0 Å². The average Bonchev–Trinajstić information content (AvgIpc) is 1.97. The molecule has 1 rings (SSSR count). The van der Waals surface area contributed by atoms with Gasteiger partial charge in [-0.2, -0.15) is 0 Å². The fraction of sp³-hybridized carbons (Fsp3) is 0.800. The van der Waals surface area contributed by atoms with Gasteiger partial charge in [0.1, 0.15) is 5.60 Å². The molecule has 0 aliphatic carbocycles. The molecule has 0 saturated carbocycles. The molecule has 0 bridgehead atoms. The second-order valence-corrected chi connectivity index (χ2v) is 4.75. The van der Waals surface area contributed by atoms with Gasteiger partial charge in [-0.3, -0.25) is 4.79 Å². The fourth-order valence-corrected chi connectivity index (χ4v) is 1.32. The second kappa shape index (κ2) is 4.18. The van der Waals surface area contributed by atoms with Gasteiger partial charge in [0.15, 0.2) is 5.78 Å². The highest BCUT2D eigenvalue weighted by molar-refractivity contribution is 5.85. The summed E-state index contributed by atoms with van der Waals surface area (Å²) in [7, 11) is 0. The zero-order valence-electron chi connectivity index (χ0n) is 9.45. The van der Waals surface area contributed by atoms with E-state index in [1.807, 2.05) is 20.8 Å². The number of nitrogens with two attached hydrogens (primary N) is 1. The van der Waals surface area contributed by atoms with Gasteiger partial charge in [0.25, 0.3) is 0 Å². The Morgan fingerprint density at radius 2 is 1.93 bits per heavy atom. The number of ketones is 1. The molecule has 1 aliphatic rings. The number of nitrogens with zero attached hydrogens (tertiary/aromatic N) is 1. The zero-order chi connectivity index (χ0) is 11.6. The summed E-state index contributed by atoms with van der Waals surface area (Å²) < 4.78 is 5.15. The number of hydrogen-bond acceptors (Lipinski definition) is 4. The van der Waals surface area contributed by atoms with Gasteiger partial charge < -0.3 is 15.4 Å². The molecule has 0 spiro atoms. The minimum absolute atomic E-state index is 0.00908. The van der Waals surface area contributed by atoms with Crippen molar-refractivity contribution in [1.82, 2.24) is 4.90 Å². The van der Waals surface area contributed by atoms with Crippen molar-refractivity contribution < 1.29 is 14.3 Å². The van der Waals surface area contributed by atoms with Gasteiger partial charge in [0.05, 0.1) is 12.5 Å². The van der Waals surface area contributed by atoms with Crippen LogP contribution in [0.15, 0.2) is 0 Å². The van der Waals surface area contributed by atoms with Crippen molar-refractivity contribution in [3.63, 3.8) is 0 Å². The summed E-state index contributed by atoms with van der Waals surface area (Å²) >= 11 is 0. The molecule has 0 aromatic rings. The molecule has 0 atom stereocenters. The number of carbonyl (C=O) groups excluding carboxylic acids is 2. The van der Waals surface area contributed by atoms with Crippen LogP contribution in [0.1, 0.15) is 20.8 Å². The number of amides is 1. The van der Waals surface area contributed by atoms with Crippen LogP contribution >= 0.6 is 0 Å². The van der Waals surface area contributed by atoms with Crippen molar-refractivity contribution in [1.29, 1.82) is 0 Å². The molecular formula is C10H18N2O3. The van der Waals surface area contributed by atoms with E-state index >= 15 is 0 Å². The first-order chi connectivity index (χ1) is 6.83. The van der Waals surface area contributed by atoms with Crippen LogP contribution in [0, 0.1) is 5.92 Å². The van der Waals surface area contributed by atoms with E-state index in [0.717, 1.165) is 0 Å². The number of ether oxygens (including phenoxy) is 1. The predicted octanol–water partition coefficient (Wildman–Crippen LogP) is 0.381. The van der Waals surface area contributed by atoms with Gasteiger partial charge in [-0.25, -0.2) is 4.79 Å². The lowest BCUT2D eigenvalue weighted by Crippen LogP contribution is -2.55. The normalized spacial score (nSPS) is 17.2. The minimum atomic E-state index is -0.486. The predicted molar refractivity (Wildman–Crippen MR) is 55.4 cm³/mol. The van der Waals surface area contributed by atoms with Gasteiger partial charge in [0, 0.05) is 13.1 Å². The highest BCUT2D eigenvalue weighted by Crippen LogP contribution is 2.19. The molecule has 0 aromatic carbocycles. The Hall–Kier alpha value is -1.10. The average molecular weight is 214 g/mol. The zero-order valence-corrected chi connectivity index (χ0v) is 9.45. The van der Waals surface area contributed by atoms with Gasteiger partial charge in [-0.1, -0.05) is 0 Å². The van der Waals surface area contributed by atoms with Crippen LogP contribution in [-0.2, 0) is 9.53 Å².